The predicted molar refractivity (Wildman–Crippen MR) is 70.7 cm³/mol. The van der Waals surface area contributed by atoms with Gasteiger partial charge in [-0.3, -0.25) is 0 Å². The molecule has 1 N–H and O–H groups in total. The van der Waals surface area contributed by atoms with Gasteiger partial charge in [0.25, 0.3) is 0 Å². The zero-order chi connectivity index (χ0) is 12.5. The number of H-pyrrole nitrogens is 1. The summed E-state index contributed by atoms with van der Waals surface area (Å²) in [6, 6.07) is 7.95. The van der Waals surface area contributed by atoms with Crippen LogP contribution in [0.3, 0.4) is 0 Å². The first-order valence-corrected chi connectivity index (χ1v) is 6.02. The number of fused-ring (bicyclic) bond motifs is 1. The number of rotatable bonds is 2. The van der Waals surface area contributed by atoms with Gasteiger partial charge < -0.3 is 4.98 Å². The summed E-state index contributed by atoms with van der Waals surface area (Å²) in [7, 11) is 0. The SMILES string of the molecule is Cc1nc2c(Cc3ccnc(Cl)n3)cccc2[nH]1. The number of nitrogens with zero attached hydrogens (tertiary/aromatic N) is 3. The van der Waals surface area contributed by atoms with E-state index in [1.54, 1.807) is 6.20 Å². The molecule has 18 heavy (non-hydrogen) atoms. The molecule has 90 valence electrons. The van der Waals surface area contributed by atoms with Crippen LogP contribution in [0, 0.1) is 6.92 Å². The fraction of sp³-hybridized carbons (Fsp3) is 0.154. The van der Waals surface area contributed by atoms with E-state index in [9.17, 15) is 0 Å². The quantitative estimate of drug-likeness (QED) is 0.719. The van der Waals surface area contributed by atoms with E-state index in [1.165, 1.54) is 0 Å². The molecule has 2 heterocycles. The van der Waals surface area contributed by atoms with E-state index in [0.29, 0.717) is 6.42 Å². The van der Waals surface area contributed by atoms with Crippen molar-refractivity contribution in [1.82, 2.24) is 19.9 Å². The number of aromatic amines is 1. The van der Waals surface area contributed by atoms with Crippen LogP contribution in [0.25, 0.3) is 11.0 Å². The van der Waals surface area contributed by atoms with Gasteiger partial charge >= 0.3 is 0 Å². The van der Waals surface area contributed by atoms with E-state index in [2.05, 4.69) is 26.0 Å². The lowest BCUT2D eigenvalue weighted by atomic mass is 10.1. The van der Waals surface area contributed by atoms with Gasteiger partial charge in [0, 0.05) is 18.3 Å². The van der Waals surface area contributed by atoms with Crippen LogP contribution in [-0.4, -0.2) is 19.9 Å². The van der Waals surface area contributed by atoms with E-state index >= 15 is 0 Å². The predicted octanol–water partition coefficient (Wildman–Crippen LogP) is 2.91. The Bertz CT molecular complexity index is 705. The Labute approximate surface area is 109 Å². The standard InChI is InChI=1S/C13H11ClN4/c1-8-16-11-4-2-3-9(12(11)17-8)7-10-5-6-15-13(14)18-10/h2-6H,7H2,1H3,(H,16,17). The summed E-state index contributed by atoms with van der Waals surface area (Å²) < 4.78 is 0. The van der Waals surface area contributed by atoms with Crippen LogP contribution in [0.5, 0.6) is 0 Å². The molecule has 4 nitrogen and oxygen atoms in total. The van der Waals surface area contributed by atoms with Crippen LogP contribution in [0.1, 0.15) is 17.1 Å². The molecule has 2 aromatic heterocycles. The summed E-state index contributed by atoms with van der Waals surface area (Å²) in [5, 5.41) is 0.276. The van der Waals surface area contributed by atoms with Gasteiger partial charge in [0.2, 0.25) is 5.28 Å². The molecule has 0 spiro atoms. The average molecular weight is 259 g/mol. The van der Waals surface area contributed by atoms with Crippen LogP contribution in [-0.2, 0) is 6.42 Å². The molecule has 0 fully saturated rings. The second kappa shape index (κ2) is 4.38. The molecule has 0 aliphatic heterocycles. The third-order valence-electron chi connectivity index (χ3n) is 2.77. The molecule has 0 unspecified atom stereocenters. The Morgan fingerprint density at radius 2 is 2.11 bits per heavy atom. The van der Waals surface area contributed by atoms with Crippen LogP contribution < -0.4 is 0 Å². The number of nitrogens with one attached hydrogen (secondary N) is 1. The number of aryl methyl sites for hydroxylation is 1. The van der Waals surface area contributed by atoms with Crippen molar-refractivity contribution >= 4 is 22.6 Å². The van der Waals surface area contributed by atoms with E-state index in [-0.39, 0.29) is 5.28 Å². The summed E-state index contributed by atoms with van der Waals surface area (Å²) in [6.07, 6.45) is 2.37. The number of imidazole rings is 1. The molecule has 0 aliphatic carbocycles. The fourth-order valence-electron chi connectivity index (χ4n) is 2.02. The Hall–Kier alpha value is -1.94. The maximum atomic E-state index is 5.79. The minimum Gasteiger partial charge on any atom is -0.342 e. The lowest BCUT2D eigenvalue weighted by molar-refractivity contribution is 1.03. The Kier molecular flexibility index (Phi) is 2.72. The van der Waals surface area contributed by atoms with Crippen molar-refractivity contribution in [2.75, 3.05) is 0 Å². The molecular formula is C13H11ClN4. The van der Waals surface area contributed by atoms with Crippen molar-refractivity contribution in [2.24, 2.45) is 0 Å². The minimum absolute atomic E-state index is 0.276. The number of hydrogen-bond acceptors (Lipinski definition) is 3. The molecule has 0 bridgehead atoms. The van der Waals surface area contributed by atoms with Gasteiger partial charge in [0.15, 0.2) is 0 Å². The molecular weight excluding hydrogens is 248 g/mol. The Morgan fingerprint density at radius 1 is 1.22 bits per heavy atom. The lowest BCUT2D eigenvalue weighted by Gasteiger charge is -2.02. The topological polar surface area (TPSA) is 54.5 Å². The largest absolute Gasteiger partial charge is 0.342 e. The lowest BCUT2D eigenvalue weighted by Crippen LogP contribution is -1.94. The highest BCUT2D eigenvalue weighted by Gasteiger charge is 2.07. The van der Waals surface area contributed by atoms with Crippen LogP contribution in [0.15, 0.2) is 30.5 Å². The summed E-state index contributed by atoms with van der Waals surface area (Å²) in [4.78, 5) is 15.8. The maximum absolute atomic E-state index is 5.79. The van der Waals surface area contributed by atoms with Crippen molar-refractivity contribution < 1.29 is 0 Å². The van der Waals surface area contributed by atoms with Gasteiger partial charge in [-0.15, -0.1) is 0 Å². The van der Waals surface area contributed by atoms with Gasteiger partial charge in [-0.25, -0.2) is 15.0 Å². The molecule has 0 amide bonds. The van der Waals surface area contributed by atoms with Crippen molar-refractivity contribution in [3.8, 4) is 0 Å². The minimum atomic E-state index is 0.276. The molecule has 0 atom stereocenters. The van der Waals surface area contributed by atoms with Crippen LogP contribution in [0.4, 0.5) is 0 Å². The van der Waals surface area contributed by atoms with Gasteiger partial charge in [0.1, 0.15) is 5.82 Å². The normalized spacial score (nSPS) is 11.0. The zero-order valence-electron chi connectivity index (χ0n) is 9.81. The molecule has 0 saturated heterocycles. The summed E-state index contributed by atoms with van der Waals surface area (Å²) in [5.41, 5.74) is 4.06. The van der Waals surface area contributed by atoms with Gasteiger partial charge in [-0.2, -0.15) is 0 Å². The zero-order valence-corrected chi connectivity index (χ0v) is 10.6. The first kappa shape index (κ1) is 11.2. The second-order valence-electron chi connectivity index (χ2n) is 4.13. The Morgan fingerprint density at radius 3 is 2.94 bits per heavy atom. The highest BCUT2D eigenvalue weighted by molar-refractivity contribution is 6.28. The number of hydrogen-bond donors (Lipinski definition) is 1. The third-order valence-corrected chi connectivity index (χ3v) is 2.95. The molecule has 1 aromatic carbocycles. The number of aromatic nitrogens is 4. The second-order valence-corrected chi connectivity index (χ2v) is 4.47. The van der Waals surface area contributed by atoms with Gasteiger partial charge in [-0.1, -0.05) is 12.1 Å². The van der Waals surface area contributed by atoms with E-state index in [0.717, 1.165) is 28.1 Å². The van der Waals surface area contributed by atoms with Crippen molar-refractivity contribution in [3.63, 3.8) is 0 Å². The summed E-state index contributed by atoms with van der Waals surface area (Å²) in [6.45, 7) is 1.95. The van der Waals surface area contributed by atoms with Crippen molar-refractivity contribution in [2.45, 2.75) is 13.3 Å². The average Bonchev–Trinajstić information content (AvgIpc) is 2.71. The molecule has 3 rings (SSSR count). The van der Waals surface area contributed by atoms with Crippen LogP contribution in [0.2, 0.25) is 5.28 Å². The highest BCUT2D eigenvalue weighted by Crippen LogP contribution is 2.19. The first-order chi connectivity index (χ1) is 8.72. The molecule has 5 heteroatoms. The smallest absolute Gasteiger partial charge is 0.222 e. The fourth-order valence-corrected chi connectivity index (χ4v) is 2.19. The van der Waals surface area contributed by atoms with Crippen molar-refractivity contribution in [3.05, 3.63) is 52.8 Å². The molecule has 0 saturated carbocycles. The van der Waals surface area contributed by atoms with Gasteiger partial charge in [0.05, 0.1) is 11.0 Å². The third kappa shape index (κ3) is 2.07. The summed E-state index contributed by atoms with van der Waals surface area (Å²) >= 11 is 5.79. The molecule has 3 aromatic rings. The monoisotopic (exact) mass is 258 g/mol. The van der Waals surface area contributed by atoms with Crippen LogP contribution >= 0.6 is 11.6 Å². The summed E-state index contributed by atoms with van der Waals surface area (Å²) in [5.74, 6) is 0.915. The maximum Gasteiger partial charge on any atom is 0.222 e. The van der Waals surface area contributed by atoms with E-state index in [4.69, 9.17) is 11.6 Å². The molecule has 0 aliphatic rings. The first-order valence-electron chi connectivity index (χ1n) is 5.64. The number of benzene rings is 1. The van der Waals surface area contributed by atoms with E-state index < -0.39 is 0 Å². The van der Waals surface area contributed by atoms with Gasteiger partial charge in [-0.05, 0) is 36.2 Å². The Balaban J connectivity index is 2.04. The van der Waals surface area contributed by atoms with Crippen molar-refractivity contribution in [1.29, 1.82) is 0 Å². The molecule has 0 radical (unpaired) electrons. The highest BCUT2D eigenvalue weighted by atomic mass is 35.5. The number of halogens is 1. The van der Waals surface area contributed by atoms with E-state index in [1.807, 2.05) is 25.1 Å². The number of para-hydroxylation sites is 1.